The molecule has 6 aromatic rings. The van der Waals surface area contributed by atoms with E-state index in [0.29, 0.717) is 69.8 Å². The van der Waals surface area contributed by atoms with Gasteiger partial charge in [0.1, 0.15) is 5.82 Å². The maximum atomic E-state index is 11.3. The van der Waals surface area contributed by atoms with Crippen molar-refractivity contribution in [1.29, 1.82) is 10.5 Å². The molecule has 2 aromatic heterocycles. The third-order valence-corrected chi connectivity index (χ3v) is 13.3. The van der Waals surface area contributed by atoms with Gasteiger partial charge in [0.05, 0.1) is 73.3 Å². The molecule has 0 spiro atoms. The first-order chi connectivity index (χ1) is 32.9. The Hall–Kier alpha value is -4.86. The van der Waals surface area contributed by atoms with Gasteiger partial charge in [0.15, 0.2) is 0 Å². The number of nitrogens with zero attached hydrogens (tertiary/aromatic N) is 8. The molecule has 0 bridgehead atoms. The topological polar surface area (TPSA) is 153 Å². The summed E-state index contributed by atoms with van der Waals surface area (Å²) < 4.78 is 0. The number of piperazine rings is 2. The zero-order chi connectivity index (χ0) is 49.9. The van der Waals surface area contributed by atoms with Crippen molar-refractivity contribution in [2.75, 3.05) is 73.2 Å². The second kappa shape index (κ2) is 24.3. The van der Waals surface area contributed by atoms with Crippen LogP contribution in [0.2, 0.25) is 20.1 Å². The highest BCUT2D eigenvalue weighted by Crippen LogP contribution is 2.39. The molecule has 4 aromatic carbocycles. The summed E-state index contributed by atoms with van der Waals surface area (Å²) in [6.07, 6.45) is 3.35. The van der Waals surface area contributed by atoms with Crippen molar-refractivity contribution in [2.24, 2.45) is 0 Å². The van der Waals surface area contributed by atoms with E-state index in [-0.39, 0.29) is 17.4 Å². The molecule has 11 nitrogen and oxygen atoms in total. The molecule has 2 fully saturated rings. The van der Waals surface area contributed by atoms with Crippen LogP contribution in [0, 0.1) is 29.6 Å². The normalized spacial score (nSPS) is 18.0. The van der Waals surface area contributed by atoms with Crippen molar-refractivity contribution in [1.82, 2.24) is 19.8 Å². The number of aromatic nitrogens is 2. The maximum absolute atomic E-state index is 11.3. The molecule has 0 amide bonds. The van der Waals surface area contributed by atoms with Gasteiger partial charge in [-0.2, -0.15) is 10.5 Å². The molecule has 4 heterocycles. The van der Waals surface area contributed by atoms with Crippen molar-refractivity contribution in [3.63, 3.8) is 0 Å². The number of hydrogen-bond donors (Lipinski definition) is 3. The van der Waals surface area contributed by atoms with Gasteiger partial charge in [-0.1, -0.05) is 70.7 Å². The van der Waals surface area contributed by atoms with E-state index in [1.54, 1.807) is 55.7 Å². The van der Waals surface area contributed by atoms with E-state index in [4.69, 9.17) is 75.3 Å². The number of pyridine rings is 2. The molecule has 17 heteroatoms. The minimum atomic E-state index is -1.09. The van der Waals surface area contributed by atoms with Crippen LogP contribution in [0.1, 0.15) is 65.0 Å². The molecule has 8 rings (SSSR count). The van der Waals surface area contributed by atoms with Crippen LogP contribution in [0.15, 0.2) is 122 Å². The quantitative estimate of drug-likeness (QED) is 0.112. The van der Waals surface area contributed by atoms with Gasteiger partial charge in [-0.25, -0.2) is 4.98 Å². The Balaban J connectivity index is 0.000000215. The highest BCUT2D eigenvalue weighted by atomic mass is 35.5. The summed E-state index contributed by atoms with van der Waals surface area (Å²) in [6, 6.07) is 38.0. The van der Waals surface area contributed by atoms with Gasteiger partial charge in [0, 0.05) is 80.5 Å². The van der Waals surface area contributed by atoms with Crippen molar-refractivity contribution >= 4 is 86.8 Å². The van der Waals surface area contributed by atoms with Crippen LogP contribution in [-0.2, 0) is 11.2 Å². The summed E-state index contributed by atoms with van der Waals surface area (Å²) in [4.78, 5) is 17.3. The fourth-order valence-electron chi connectivity index (χ4n) is 8.82. The Morgan fingerprint density at radius 2 is 1.01 bits per heavy atom. The lowest BCUT2D eigenvalue weighted by Gasteiger charge is -2.45. The number of nitrogens with two attached hydrogens (primary N) is 1. The second-order valence-corrected chi connectivity index (χ2v) is 19.8. The van der Waals surface area contributed by atoms with Crippen LogP contribution < -0.4 is 15.5 Å². The fourth-order valence-corrected chi connectivity index (χ4v) is 9.65. The smallest absolute Gasteiger partial charge is 0.123 e. The van der Waals surface area contributed by atoms with E-state index in [1.807, 2.05) is 86.6 Å². The Labute approximate surface area is 434 Å². The van der Waals surface area contributed by atoms with Crippen molar-refractivity contribution in [3.05, 3.63) is 181 Å². The summed E-state index contributed by atoms with van der Waals surface area (Å²) in [5.41, 5.74) is 11.3. The van der Waals surface area contributed by atoms with Crippen LogP contribution in [0.25, 0.3) is 0 Å². The maximum Gasteiger partial charge on any atom is 0.123 e. The average molecular weight is 1050 g/mol. The van der Waals surface area contributed by atoms with Gasteiger partial charge in [-0.05, 0) is 128 Å². The number of anilines is 3. The van der Waals surface area contributed by atoms with Crippen LogP contribution in [0.3, 0.4) is 0 Å². The van der Waals surface area contributed by atoms with Gasteiger partial charge >= 0.3 is 0 Å². The summed E-state index contributed by atoms with van der Waals surface area (Å²) in [7, 11) is 0. The van der Waals surface area contributed by atoms with Crippen LogP contribution >= 0.6 is 69.6 Å². The van der Waals surface area contributed by atoms with Crippen LogP contribution in [-0.4, -0.2) is 87.7 Å². The number of nitriles is 2. The van der Waals surface area contributed by atoms with E-state index in [1.165, 1.54) is 0 Å². The largest absolute Gasteiger partial charge is 0.384 e. The highest BCUT2D eigenvalue weighted by Gasteiger charge is 2.36. The van der Waals surface area contributed by atoms with Gasteiger partial charge in [-0.3, -0.25) is 14.8 Å². The second-order valence-electron chi connectivity index (χ2n) is 17.4. The number of hydrogen-bond acceptors (Lipinski definition) is 11. The first-order valence-electron chi connectivity index (χ1n) is 22.0. The van der Waals surface area contributed by atoms with Crippen molar-refractivity contribution < 1.29 is 10.2 Å². The number of nitrogen functional groups attached to an aromatic ring is 1. The molecule has 2 saturated heterocycles. The number of benzene rings is 4. The summed E-state index contributed by atoms with van der Waals surface area (Å²) in [5, 5.41) is 43.6. The molecule has 0 unspecified atom stereocenters. The first kappa shape index (κ1) is 53.5. The number of halogens is 6. The zero-order valence-electron chi connectivity index (χ0n) is 38.4. The SMILES string of the molecule is C[C@](O)(CN1CCN(c2ccc(C#N)cc2Cl)[C@H](c2ccc(Cl)cc2)C1)c1ccnc(N)c1.Cc1cc([C@@](C)(O)CN2CCN(c3ccc(C#N)cc3Cl)[C@H](c3ccc(Cl)cc3)C2)ccn1.ClCCl. The third-order valence-electron chi connectivity index (χ3n) is 12.2. The minimum Gasteiger partial charge on any atom is -0.384 e. The van der Waals surface area contributed by atoms with Gasteiger partial charge in [0.2, 0.25) is 0 Å². The molecule has 4 N–H and O–H groups in total. The number of rotatable bonds is 10. The van der Waals surface area contributed by atoms with E-state index >= 15 is 0 Å². The van der Waals surface area contributed by atoms with Crippen molar-refractivity contribution in [2.45, 2.75) is 44.1 Å². The molecule has 4 atom stereocenters. The third kappa shape index (κ3) is 14.2. The molecule has 0 radical (unpaired) electrons. The molecular weight excluding hydrogens is 995 g/mol. The van der Waals surface area contributed by atoms with E-state index in [2.05, 4.69) is 41.7 Å². The Morgan fingerprint density at radius 3 is 1.39 bits per heavy atom. The molecule has 2 aliphatic rings. The molecule has 0 saturated carbocycles. The highest BCUT2D eigenvalue weighted by molar-refractivity contribution is 6.40. The van der Waals surface area contributed by atoms with Crippen molar-refractivity contribution in [3.8, 4) is 12.1 Å². The fraction of sp³-hybridized carbons (Fsp3) is 0.308. The monoisotopic (exact) mass is 1050 g/mol. The van der Waals surface area contributed by atoms with Gasteiger partial charge in [-0.15, -0.1) is 23.2 Å². The number of alkyl halides is 2. The van der Waals surface area contributed by atoms with Gasteiger partial charge in [0.25, 0.3) is 0 Å². The Bertz CT molecular complexity index is 2560. The minimum absolute atomic E-state index is 0.0106. The molecule has 360 valence electrons. The molecule has 2 aliphatic heterocycles. The standard InChI is InChI=1S/C26H26Cl2N4O.C25H25Cl2N5O.CH2Cl2/c1-18-13-21(9-10-30-18)26(2,33)17-31-11-12-32(24-8-3-19(15-29)14-23(24)28)25(16-31)20-4-6-22(27)7-5-20;1-25(33,19-8-9-30-24(29)13-19)16-31-10-11-32(22-7-2-17(14-28)12-21(22)27)23(15-31)18-3-5-20(26)6-4-18;2-1-3/h3-10,13-14,25,33H,11-12,16-17H2,1-2H3;2-9,12-13,23,33H,10-11,15-16H2,1H3,(H2,29,30);1H2/t25-,26-;23-,25-;/m00./s1. The number of aliphatic hydroxyl groups is 2. The Morgan fingerprint density at radius 1 is 0.609 bits per heavy atom. The first-order valence-corrected chi connectivity index (χ1v) is 24.6. The number of β-amino-alcohol motifs (C(OH)–C–C–N with tert-alkyl or cyclic N) is 2. The predicted octanol–water partition coefficient (Wildman–Crippen LogP) is 11.4. The lowest BCUT2D eigenvalue weighted by Crippen LogP contribution is -2.52. The summed E-state index contributed by atoms with van der Waals surface area (Å²) in [5.74, 6) is 0.382. The van der Waals surface area contributed by atoms with Crippen LogP contribution in [0.5, 0.6) is 0 Å². The van der Waals surface area contributed by atoms with E-state index in [9.17, 15) is 20.7 Å². The molecular formula is C52H53Cl6N9O2. The summed E-state index contributed by atoms with van der Waals surface area (Å²) in [6.45, 7) is 10.8. The number of aryl methyl sites for hydroxylation is 1. The lowest BCUT2D eigenvalue weighted by atomic mass is 9.94. The summed E-state index contributed by atoms with van der Waals surface area (Å²) >= 11 is 35.0. The lowest BCUT2D eigenvalue weighted by molar-refractivity contribution is 0.00988. The van der Waals surface area contributed by atoms with Gasteiger partial charge < -0.3 is 25.7 Å². The molecule has 0 aliphatic carbocycles. The average Bonchev–Trinajstić information content (AvgIpc) is 3.32. The van der Waals surface area contributed by atoms with E-state index in [0.717, 1.165) is 59.0 Å². The predicted molar refractivity (Wildman–Crippen MR) is 282 cm³/mol. The Kier molecular flexibility index (Phi) is 18.8. The zero-order valence-corrected chi connectivity index (χ0v) is 42.9. The van der Waals surface area contributed by atoms with Crippen LogP contribution in [0.4, 0.5) is 17.2 Å². The molecule has 69 heavy (non-hydrogen) atoms. The van der Waals surface area contributed by atoms with E-state index < -0.39 is 11.2 Å².